The number of H-pyrrole nitrogens is 1. The number of aromatic amines is 1. The molecule has 0 aliphatic carbocycles. The van der Waals surface area contributed by atoms with E-state index in [1.54, 1.807) is 0 Å². The first kappa shape index (κ1) is 9.85. The molecule has 3 rings (SSSR count). The van der Waals surface area contributed by atoms with E-state index in [1.165, 1.54) is 5.56 Å². The van der Waals surface area contributed by atoms with Crippen LogP contribution in [0.5, 0.6) is 0 Å². The summed E-state index contributed by atoms with van der Waals surface area (Å²) in [5.74, 6) is 0. The first-order valence-corrected chi connectivity index (χ1v) is 5.59. The number of benzene rings is 1. The van der Waals surface area contributed by atoms with Gasteiger partial charge in [0, 0.05) is 23.7 Å². The quantitative estimate of drug-likeness (QED) is 0.803. The molecule has 0 spiro atoms. The average Bonchev–Trinajstić information content (AvgIpc) is 3.04. The van der Waals surface area contributed by atoms with Gasteiger partial charge in [-0.15, -0.1) is 0 Å². The zero-order valence-electron chi connectivity index (χ0n) is 9.30. The maximum atomic E-state index is 4.39. The molecule has 0 fully saturated rings. The zero-order valence-corrected chi connectivity index (χ0v) is 9.30. The fourth-order valence-electron chi connectivity index (χ4n) is 1.98. The highest BCUT2D eigenvalue weighted by Crippen LogP contribution is 2.28. The van der Waals surface area contributed by atoms with Crippen molar-refractivity contribution in [1.82, 2.24) is 4.98 Å². The summed E-state index contributed by atoms with van der Waals surface area (Å²) < 4.78 is 0. The highest BCUT2D eigenvalue weighted by molar-refractivity contribution is 5.88. The monoisotopic (exact) mass is 220 g/mol. The second kappa shape index (κ2) is 4.26. The van der Waals surface area contributed by atoms with E-state index in [-0.39, 0.29) is 0 Å². The summed E-state index contributed by atoms with van der Waals surface area (Å²) in [5, 5.41) is 0. The van der Waals surface area contributed by atoms with E-state index >= 15 is 0 Å². The lowest BCUT2D eigenvalue weighted by Crippen LogP contribution is -1.91. The van der Waals surface area contributed by atoms with Gasteiger partial charge >= 0.3 is 0 Å². The van der Waals surface area contributed by atoms with Gasteiger partial charge in [-0.1, -0.05) is 30.3 Å². The van der Waals surface area contributed by atoms with Crippen LogP contribution in [0, 0.1) is 0 Å². The lowest BCUT2D eigenvalue weighted by Gasteiger charge is -2.07. The molecule has 0 radical (unpaired) electrons. The van der Waals surface area contributed by atoms with Gasteiger partial charge in [-0.3, -0.25) is 4.99 Å². The molecule has 0 atom stereocenters. The van der Waals surface area contributed by atoms with Gasteiger partial charge in [0.25, 0.3) is 0 Å². The average molecular weight is 220 g/mol. The van der Waals surface area contributed by atoms with Crippen molar-refractivity contribution >= 4 is 11.8 Å². The van der Waals surface area contributed by atoms with Gasteiger partial charge in [0.15, 0.2) is 0 Å². The van der Waals surface area contributed by atoms with E-state index in [0.29, 0.717) is 0 Å². The summed E-state index contributed by atoms with van der Waals surface area (Å²) in [6.45, 7) is 0. The van der Waals surface area contributed by atoms with Crippen molar-refractivity contribution < 1.29 is 0 Å². The normalized spacial score (nSPS) is 16.5. The Hall–Kier alpha value is -2.35. The van der Waals surface area contributed by atoms with Gasteiger partial charge in [0.05, 0.1) is 5.70 Å². The molecular formula is C15H12N2. The number of hydrogen-bond donors (Lipinski definition) is 1. The van der Waals surface area contributed by atoms with Crippen LogP contribution < -0.4 is 0 Å². The van der Waals surface area contributed by atoms with Gasteiger partial charge < -0.3 is 4.98 Å². The molecule has 0 unspecified atom stereocenters. The summed E-state index contributed by atoms with van der Waals surface area (Å²) in [7, 11) is 0. The number of rotatable bonds is 2. The molecule has 0 saturated carbocycles. The molecule has 2 heteroatoms. The second-order valence-corrected chi connectivity index (χ2v) is 3.85. The number of hydrogen-bond acceptors (Lipinski definition) is 1. The third-order valence-electron chi connectivity index (χ3n) is 2.74. The molecule has 2 aromatic rings. The second-order valence-electron chi connectivity index (χ2n) is 3.85. The molecule has 82 valence electrons. The number of allylic oxidation sites excluding steroid dienone is 2. The highest BCUT2D eigenvalue weighted by Gasteiger charge is 2.11. The molecule has 1 N–H and O–H groups in total. The Morgan fingerprint density at radius 1 is 1.00 bits per heavy atom. The van der Waals surface area contributed by atoms with Crippen LogP contribution in [-0.2, 0) is 0 Å². The van der Waals surface area contributed by atoms with Crippen LogP contribution in [0.4, 0.5) is 0 Å². The molecule has 0 bridgehead atoms. The third-order valence-corrected chi connectivity index (χ3v) is 2.74. The zero-order chi connectivity index (χ0) is 11.5. The minimum absolute atomic E-state index is 0.999. The predicted molar refractivity (Wildman–Crippen MR) is 70.9 cm³/mol. The summed E-state index contributed by atoms with van der Waals surface area (Å²) in [5.41, 5.74) is 4.41. The summed E-state index contributed by atoms with van der Waals surface area (Å²) >= 11 is 0. The lowest BCUT2D eigenvalue weighted by atomic mass is 10.0. The molecule has 2 nitrogen and oxygen atoms in total. The fourth-order valence-corrected chi connectivity index (χ4v) is 1.98. The van der Waals surface area contributed by atoms with Gasteiger partial charge in [0.2, 0.25) is 0 Å². The van der Waals surface area contributed by atoms with Crippen LogP contribution in [0.25, 0.3) is 5.57 Å². The molecule has 2 heterocycles. The molecule has 1 aromatic carbocycles. The Bertz CT molecular complexity index is 573. The van der Waals surface area contributed by atoms with Gasteiger partial charge in [0.1, 0.15) is 0 Å². The minimum Gasteiger partial charge on any atom is -0.361 e. The fraction of sp³-hybridized carbons (Fsp3) is 0. The molecular weight excluding hydrogens is 208 g/mol. The van der Waals surface area contributed by atoms with E-state index in [9.17, 15) is 0 Å². The maximum absolute atomic E-state index is 4.39. The SMILES string of the molecule is C1=C/C(=C(\c2ccccc2)c2ccc[nH]2)N=C1. The Balaban J connectivity index is 2.20. The molecule has 1 aromatic heterocycles. The number of aliphatic imine (C=N–C) groups is 1. The standard InChI is InChI=1S/C15H12N2/c1-2-6-12(7-3-1)15(13-8-4-10-16-13)14-9-5-11-17-14/h1-11,16H/b15-14-. The number of nitrogens with one attached hydrogen (secondary N) is 1. The van der Waals surface area contributed by atoms with Crippen LogP contribution in [0.3, 0.4) is 0 Å². The van der Waals surface area contributed by atoms with Crippen molar-refractivity contribution in [3.8, 4) is 0 Å². The summed E-state index contributed by atoms with van der Waals surface area (Å²) in [4.78, 5) is 7.64. The Kier molecular flexibility index (Phi) is 2.47. The predicted octanol–water partition coefficient (Wildman–Crippen LogP) is 3.41. The van der Waals surface area contributed by atoms with E-state index < -0.39 is 0 Å². The van der Waals surface area contributed by atoms with Crippen molar-refractivity contribution in [3.63, 3.8) is 0 Å². The smallest absolute Gasteiger partial charge is 0.0729 e. The maximum Gasteiger partial charge on any atom is 0.0729 e. The Morgan fingerprint density at radius 2 is 1.88 bits per heavy atom. The van der Waals surface area contributed by atoms with Crippen LogP contribution in [-0.4, -0.2) is 11.2 Å². The lowest BCUT2D eigenvalue weighted by molar-refractivity contribution is 1.32. The van der Waals surface area contributed by atoms with Crippen LogP contribution in [0.1, 0.15) is 11.3 Å². The van der Waals surface area contributed by atoms with E-state index in [2.05, 4.69) is 28.2 Å². The van der Waals surface area contributed by atoms with Crippen molar-refractivity contribution in [2.24, 2.45) is 4.99 Å². The van der Waals surface area contributed by atoms with Crippen molar-refractivity contribution in [2.45, 2.75) is 0 Å². The Morgan fingerprint density at radius 3 is 2.53 bits per heavy atom. The molecule has 1 aliphatic rings. The van der Waals surface area contributed by atoms with E-state index in [0.717, 1.165) is 17.0 Å². The molecule has 17 heavy (non-hydrogen) atoms. The molecule has 0 saturated heterocycles. The molecule has 1 aliphatic heterocycles. The van der Waals surface area contributed by atoms with Crippen molar-refractivity contribution in [2.75, 3.05) is 0 Å². The van der Waals surface area contributed by atoms with Crippen LogP contribution >= 0.6 is 0 Å². The topological polar surface area (TPSA) is 28.1 Å². The van der Waals surface area contributed by atoms with E-state index in [1.807, 2.05) is 48.8 Å². The van der Waals surface area contributed by atoms with Crippen LogP contribution in [0.15, 0.2) is 71.5 Å². The van der Waals surface area contributed by atoms with Crippen molar-refractivity contribution in [3.05, 3.63) is 77.8 Å². The summed E-state index contributed by atoms with van der Waals surface area (Å²) in [6, 6.07) is 14.4. The summed E-state index contributed by atoms with van der Waals surface area (Å²) in [6.07, 6.45) is 7.74. The number of aromatic nitrogens is 1. The van der Waals surface area contributed by atoms with Crippen LogP contribution in [0.2, 0.25) is 0 Å². The largest absolute Gasteiger partial charge is 0.361 e. The minimum atomic E-state index is 0.999. The van der Waals surface area contributed by atoms with Crippen molar-refractivity contribution in [1.29, 1.82) is 0 Å². The van der Waals surface area contributed by atoms with Gasteiger partial charge in [-0.2, -0.15) is 0 Å². The van der Waals surface area contributed by atoms with Gasteiger partial charge in [-0.05, 0) is 29.8 Å². The first-order chi connectivity index (χ1) is 8.45. The first-order valence-electron chi connectivity index (χ1n) is 5.59. The van der Waals surface area contributed by atoms with Gasteiger partial charge in [-0.25, -0.2) is 0 Å². The molecule has 0 amide bonds. The Labute approximate surface area is 100 Å². The number of nitrogens with zero attached hydrogens (tertiary/aromatic N) is 1. The third kappa shape index (κ3) is 1.85. The van der Waals surface area contributed by atoms with E-state index in [4.69, 9.17) is 0 Å². The highest BCUT2D eigenvalue weighted by atomic mass is 14.8.